The van der Waals surface area contributed by atoms with Gasteiger partial charge in [0.1, 0.15) is 17.3 Å². The summed E-state index contributed by atoms with van der Waals surface area (Å²) in [5.74, 6) is 0.458. The van der Waals surface area contributed by atoms with Crippen molar-refractivity contribution in [1.29, 1.82) is 0 Å². The van der Waals surface area contributed by atoms with Crippen molar-refractivity contribution in [3.05, 3.63) is 46.9 Å². The maximum atomic E-state index is 12.4. The maximum Gasteiger partial charge on any atom is 0.416 e. The van der Waals surface area contributed by atoms with Gasteiger partial charge in [0, 0.05) is 11.3 Å². The van der Waals surface area contributed by atoms with Crippen LogP contribution in [-0.2, 0) is 6.18 Å². The molecule has 19 heavy (non-hydrogen) atoms. The van der Waals surface area contributed by atoms with E-state index in [2.05, 4.69) is 15.3 Å². The summed E-state index contributed by atoms with van der Waals surface area (Å²) >= 11 is 5.83. The number of hydrogen-bond acceptors (Lipinski definition) is 3. The third-order valence-corrected chi connectivity index (χ3v) is 2.88. The summed E-state index contributed by atoms with van der Waals surface area (Å²) in [7, 11) is 0. The number of nitrogens with one attached hydrogen (secondary N) is 1. The van der Waals surface area contributed by atoms with Gasteiger partial charge < -0.3 is 5.32 Å². The molecule has 100 valence electrons. The average molecular weight is 288 g/mol. The highest BCUT2D eigenvalue weighted by Crippen LogP contribution is 2.30. The fourth-order valence-electron chi connectivity index (χ4n) is 1.43. The minimum absolute atomic E-state index is 0.296. The van der Waals surface area contributed by atoms with Crippen molar-refractivity contribution < 1.29 is 13.2 Å². The quantitative estimate of drug-likeness (QED) is 0.841. The normalized spacial score (nSPS) is 11.4. The Morgan fingerprint density at radius 2 is 1.74 bits per heavy atom. The zero-order chi connectivity index (χ0) is 14.0. The van der Waals surface area contributed by atoms with E-state index in [9.17, 15) is 13.2 Å². The molecule has 1 heterocycles. The number of aromatic nitrogens is 2. The summed E-state index contributed by atoms with van der Waals surface area (Å²) in [5, 5.41) is 3.18. The highest BCUT2D eigenvalue weighted by atomic mass is 35.5. The van der Waals surface area contributed by atoms with Gasteiger partial charge in [-0.15, -0.1) is 0 Å². The molecule has 0 aliphatic carbocycles. The SMILES string of the molecule is Cc1c(Cl)ncnc1Nc1ccc(C(F)(F)F)cc1. The van der Waals surface area contributed by atoms with E-state index in [4.69, 9.17) is 11.6 Å². The van der Waals surface area contributed by atoms with Crippen molar-refractivity contribution in [3.63, 3.8) is 0 Å². The first-order valence-electron chi connectivity index (χ1n) is 5.29. The first kappa shape index (κ1) is 13.6. The molecule has 2 rings (SSSR count). The number of anilines is 2. The Balaban J connectivity index is 2.23. The van der Waals surface area contributed by atoms with Crippen LogP contribution in [0.4, 0.5) is 24.7 Å². The molecule has 0 unspecified atom stereocenters. The van der Waals surface area contributed by atoms with Gasteiger partial charge in [-0.2, -0.15) is 13.2 Å². The van der Waals surface area contributed by atoms with Crippen molar-refractivity contribution in [2.24, 2.45) is 0 Å². The van der Waals surface area contributed by atoms with Crippen molar-refractivity contribution in [2.45, 2.75) is 13.1 Å². The van der Waals surface area contributed by atoms with Gasteiger partial charge in [-0.25, -0.2) is 9.97 Å². The molecule has 0 spiro atoms. The van der Waals surface area contributed by atoms with Crippen molar-refractivity contribution >= 4 is 23.1 Å². The van der Waals surface area contributed by atoms with Crippen LogP contribution in [0.25, 0.3) is 0 Å². The Labute approximate surface area is 112 Å². The molecule has 2 aromatic rings. The average Bonchev–Trinajstić information content (AvgIpc) is 2.35. The van der Waals surface area contributed by atoms with Gasteiger partial charge in [0.2, 0.25) is 0 Å². The van der Waals surface area contributed by atoms with E-state index in [0.717, 1.165) is 12.1 Å². The molecule has 1 aromatic carbocycles. The summed E-state index contributed by atoms with van der Waals surface area (Å²) in [4.78, 5) is 7.77. The molecular formula is C12H9ClF3N3. The Kier molecular flexibility index (Phi) is 3.61. The molecule has 0 radical (unpaired) electrons. The molecule has 0 saturated heterocycles. The second kappa shape index (κ2) is 5.05. The van der Waals surface area contributed by atoms with Crippen molar-refractivity contribution in [2.75, 3.05) is 5.32 Å². The Morgan fingerprint density at radius 1 is 1.11 bits per heavy atom. The molecule has 0 atom stereocenters. The summed E-state index contributed by atoms with van der Waals surface area (Å²) < 4.78 is 37.2. The second-order valence-electron chi connectivity index (χ2n) is 3.84. The lowest BCUT2D eigenvalue weighted by molar-refractivity contribution is -0.137. The zero-order valence-corrected chi connectivity index (χ0v) is 10.5. The minimum atomic E-state index is -4.34. The van der Waals surface area contributed by atoms with Gasteiger partial charge in [-0.3, -0.25) is 0 Å². The van der Waals surface area contributed by atoms with Crippen LogP contribution in [0.3, 0.4) is 0 Å². The van der Waals surface area contributed by atoms with Gasteiger partial charge in [0.15, 0.2) is 0 Å². The third kappa shape index (κ3) is 3.14. The predicted molar refractivity (Wildman–Crippen MR) is 66.5 cm³/mol. The topological polar surface area (TPSA) is 37.8 Å². The molecule has 0 bridgehead atoms. The summed E-state index contributed by atoms with van der Waals surface area (Å²) in [6.45, 7) is 1.72. The Bertz CT molecular complexity index is 582. The second-order valence-corrected chi connectivity index (χ2v) is 4.20. The lowest BCUT2D eigenvalue weighted by Gasteiger charge is -2.10. The van der Waals surface area contributed by atoms with E-state index in [1.54, 1.807) is 6.92 Å². The standard InChI is InChI=1S/C12H9ClF3N3/c1-7-10(13)17-6-18-11(7)19-9-4-2-8(3-5-9)12(14,15)16/h2-6H,1H3,(H,17,18,19). The van der Waals surface area contributed by atoms with Crippen LogP contribution in [0.5, 0.6) is 0 Å². The van der Waals surface area contributed by atoms with E-state index >= 15 is 0 Å². The summed E-state index contributed by atoms with van der Waals surface area (Å²) in [5.41, 5.74) is 0.422. The number of alkyl halides is 3. The van der Waals surface area contributed by atoms with Crippen molar-refractivity contribution in [1.82, 2.24) is 9.97 Å². The lowest BCUT2D eigenvalue weighted by Crippen LogP contribution is -2.04. The van der Waals surface area contributed by atoms with E-state index in [1.807, 2.05) is 0 Å². The number of benzene rings is 1. The third-order valence-electron chi connectivity index (χ3n) is 2.50. The largest absolute Gasteiger partial charge is 0.416 e. The van der Waals surface area contributed by atoms with Crippen LogP contribution in [0.2, 0.25) is 5.15 Å². The monoisotopic (exact) mass is 287 g/mol. The fraction of sp³-hybridized carbons (Fsp3) is 0.167. The van der Waals surface area contributed by atoms with Gasteiger partial charge in [0.25, 0.3) is 0 Å². The van der Waals surface area contributed by atoms with E-state index in [-0.39, 0.29) is 0 Å². The molecule has 7 heteroatoms. The van der Waals surface area contributed by atoms with E-state index in [1.165, 1.54) is 18.5 Å². The Hall–Kier alpha value is -1.82. The smallest absolute Gasteiger partial charge is 0.340 e. The molecule has 0 aliphatic heterocycles. The van der Waals surface area contributed by atoms with Gasteiger partial charge in [-0.1, -0.05) is 11.6 Å². The predicted octanol–water partition coefficient (Wildman–Crippen LogP) is 4.20. The molecule has 0 amide bonds. The van der Waals surface area contributed by atoms with Crippen LogP contribution in [0.15, 0.2) is 30.6 Å². The molecule has 1 aromatic heterocycles. The van der Waals surface area contributed by atoms with Crippen LogP contribution >= 0.6 is 11.6 Å². The van der Waals surface area contributed by atoms with E-state index < -0.39 is 11.7 Å². The van der Waals surface area contributed by atoms with Crippen molar-refractivity contribution in [3.8, 4) is 0 Å². The van der Waals surface area contributed by atoms with Crippen LogP contribution < -0.4 is 5.32 Å². The summed E-state index contributed by atoms with van der Waals surface area (Å²) in [6.07, 6.45) is -3.06. The fourth-order valence-corrected chi connectivity index (χ4v) is 1.57. The highest BCUT2D eigenvalue weighted by molar-refractivity contribution is 6.30. The molecular weight excluding hydrogens is 279 g/mol. The maximum absolute atomic E-state index is 12.4. The summed E-state index contributed by atoms with van der Waals surface area (Å²) in [6, 6.07) is 4.66. The first-order chi connectivity index (χ1) is 8.88. The highest BCUT2D eigenvalue weighted by Gasteiger charge is 2.29. The lowest BCUT2D eigenvalue weighted by atomic mass is 10.2. The number of rotatable bonds is 2. The van der Waals surface area contributed by atoms with E-state index in [0.29, 0.717) is 22.2 Å². The van der Waals surface area contributed by atoms with Gasteiger partial charge >= 0.3 is 6.18 Å². The molecule has 0 saturated carbocycles. The van der Waals surface area contributed by atoms with Gasteiger partial charge in [-0.05, 0) is 31.2 Å². The number of nitrogens with zero attached hydrogens (tertiary/aromatic N) is 2. The minimum Gasteiger partial charge on any atom is -0.340 e. The number of hydrogen-bond donors (Lipinski definition) is 1. The Morgan fingerprint density at radius 3 is 2.32 bits per heavy atom. The molecule has 1 N–H and O–H groups in total. The first-order valence-corrected chi connectivity index (χ1v) is 5.67. The molecule has 3 nitrogen and oxygen atoms in total. The van der Waals surface area contributed by atoms with Crippen LogP contribution in [0.1, 0.15) is 11.1 Å². The zero-order valence-electron chi connectivity index (χ0n) is 9.79. The molecule has 0 fully saturated rings. The van der Waals surface area contributed by atoms with Crippen LogP contribution in [-0.4, -0.2) is 9.97 Å². The number of halogens is 4. The van der Waals surface area contributed by atoms with Crippen LogP contribution in [0, 0.1) is 6.92 Å². The van der Waals surface area contributed by atoms with Gasteiger partial charge in [0.05, 0.1) is 5.56 Å². The molecule has 0 aliphatic rings.